The quantitative estimate of drug-likeness (QED) is 0.607. The standard InChI is InChI=1S/C23H33FN6O/c1-31-20-13-12-18(16-19(20)24)26-22-27-21(25-17-10-6-2-3-7-11-17)28-23(29-22)30-14-8-4-5-9-15-30/h12-13,16-17H,2-11,14-15H2,1H3,(H2,25,26,27,28,29). The Hall–Kier alpha value is -2.64. The topological polar surface area (TPSA) is 75.2 Å². The van der Waals surface area contributed by atoms with Gasteiger partial charge in [-0.15, -0.1) is 0 Å². The molecule has 0 bridgehead atoms. The van der Waals surface area contributed by atoms with Crippen molar-refractivity contribution >= 4 is 23.5 Å². The molecule has 2 fully saturated rings. The molecular weight excluding hydrogens is 395 g/mol. The lowest BCUT2D eigenvalue weighted by Gasteiger charge is -2.22. The molecule has 2 N–H and O–H groups in total. The van der Waals surface area contributed by atoms with E-state index in [0.717, 1.165) is 38.8 Å². The first-order valence-electron chi connectivity index (χ1n) is 11.6. The van der Waals surface area contributed by atoms with E-state index in [4.69, 9.17) is 9.72 Å². The lowest BCUT2D eigenvalue weighted by molar-refractivity contribution is 0.386. The van der Waals surface area contributed by atoms with E-state index in [2.05, 4.69) is 25.5 Å². The second kappa shape index (κ2) is 10.6. The highest BCUT2D eigenvalue weighted by Gasteiger charge is 2.18. The van der Waals surface area contributed by atoms with Crippen LogP contribution in [-0.4, -0.2) is 41.2 Å². The molecule has 8 heteroatoms. The maximum atomic E-state index is 14.2. The van der Waals surface area contributed by atoms with Crippen LogP contribution >= 0.6 is 0 Å². The van der Waals surface area contributed by atoms with Gasteiger partial charge in [0.1, 0.15) is 0 Å². The Morgan fingerprint density at radius 1 is 0.903 bits per heavy atom. The highest BCUT2D eigenvalue weighted by molar-refractivity contribution is 5.57. The number of methoxy groups -OCH3 is 1. The van der Waals surface area contributed by atoms with Gasteiger partial charge in [-0.1, -0.05) is 38.5 Å². The van der Waals surface area contributed by atoms with Crippen LogP contribution in [0.3, 0.4) is 0 Å². The van der Waals surface area contributed by atoms with Gasteiger partial charge in [0.15, 0.2) is 11.6 Å². The SMILES string of the molecule is COc1ccc(Nc2nc(NC3CCCCCC3)nc(N3CCCCCC3)n2)cc1F. The van der Waals surface area contributed by atoms with Gasteiger partial charge in [-0.05, 0) is 37.8 Å². The van der Waals surface area contributed by atoms with Crippen molar-refractivity contribution in [3.63, 3.8) is 0 Å². The maximum Gasteiger partial charge on any atom is 0.233 e. The lowest BCUT2D eigenvalue weighted by atomic mass is 10.1. The number of nitrogens with zero attached hydrogens (tertiary/aromatic N) is 4. The molecule has 1 aromatic carbocycles. The molecule has 0 spiro atoms. The average molecular weight is 429 g/mol. The van der Waals surface area contributed by atoms with E-state index in [1.165, 1.54) is 51.7 Å². The number of hydrogen-bond donors (Lipinski definition) is 2. The summed E-state index contributed by atoms with van der Waals surface area (Å²) >= 11 is 0. The van der Waals surface area contributed by atoms with Crippen LogP contribution in [-0.2, 0) is 0 Å². The molecule has 168 valence electrons. The summed E-state index contributed by atoms with van der Waals surface area (Å²) in [5.41, 5.74) is 0.576. The van der Waals surface area contributed by atoms with Gasteiger partial charge in [0.25, 0.3) is 0 Å². The molecule has 0 atom stereocenters. The molecule has 2 aliphatic rings. The fourth-order valence-corrected chi connectivity index (χ4v) is 4.38. The monoisotopic (exact) mass is 428 g/mol. The molecule has 2 heterocycles. The number of aromatic nitrogens is 3. The predicted octanol–water partition coefficient (Wildman–Crippen LogP) is 5.28. The summed E-state index contributed by atoms with van der Waals surface area (Å²) in [7, 11) is 1.45. The van der Waals surface area contributed by atoms with Crippen molar-refractivity contribution in [3.8, 4) is 5.75 Å². The molecule has 1 saturated carbocycles. The third-order valence-electron chi connectivity index (χ3n) is 6.11. The first-order valence-corrected chi connectivity index (χ1v) is 11.6. The molecular formula is C23H33FN6O. The molecule has 0 amide bonds. The maximum absolute atomic E-state index is 14.2. The first-order chi connectivity index (χ1) is 15.2. The van der Waals surface area contributed by atoms with Crippen LogP contribution in [0.5, 0.6) is 5.75 Å². The van der Waals surface area contributed by atoms with Gasteiger partial charge >= 0.3 is 0 Å². The Bertz CT molecular complexity index is 848. The summed E-state index contributed by atoms with van der Waals surface area (Å²) in [5.74, 6) is 1.49. The minimum atomic E-state index is -0.425. The summed E-state index contributed by atoms with van der Waals surface area (Å²) in [6.07, 6.45) is 12.1. The molecule has 7 nitrogen and oxygen atoms in total. The number of nitrogens with one attached hydrogen (secondary N) is 2. The second-order valence-corrected chi connectivity index (χ2v) is 8.49. The lowest BCUT2D eigenvalue weighted by Crippen LogP contribution is -2.28. The van der Waals surface area contributed by atoms with Gasteiger partial charge in [0, 0.05) is 30.9 Å². The van der Waals surface area contributed by atoms with Crippen molar-refractivity contribution in [2.75, 3.05) is 35.7 Å². The summed E-state index contributed by atoms with van der Waals surface area (Å²) in [5, 5.41) is 6.71. The van der Waals surface area contributed by atoms with Gasteiger partial charge in [-0.3, -0.25) is 0 Å². The van der Waals surface area contributed by atoms with Crippen molar-refractivity contribution in [2.45, 2.75) is 70.3 Å². The molecule has 4 rings (SSSR count). The predicted molar refractivity (Wildman–Crippen MR) is 122 cm³/mol. The van der Waals surface area contributed by atoms with E-state index in [-0.39, 0.29) is 5.75 Å². The Balaban J connectivity index is 1.59. The number of anilines is 4. The van der Waals surface area contributed by atoms with Gasteiger partial charge in [0.2, 0.25) is 17.8 Å². The summed E-state index contributed by atoms with van der Waals surface area (Å²) in [6, 6.07) is 5.13. The van der Waals surface area contributed by atoms with E-state index < -0.39 is 5.82 Å². The van der Waals surface area contributed by atoms with Crippen LogP contribution in [0.4, 0.5) is 27.9 Å². The molecule has 2 aromatic rings. The Kier molecular flexibility index (Phi) is 7.38. The third kappa shape index (κ3) is 5.95. The van der Waals surface area contributed by atoms with Crippen molar-refractivity contribution in [1.82, 2.24) is 15.0 Å². The van der Waals surface area contributed by atoms with Crippen LogP contribution in [0.1, 0.15) is 64.2 Å². The summed E-state index contributed by atoms with van der Waals surface area (Å²) < 4.78 is 19.2. The number of hydrogen-bond acceptors (Lipinski definition) is 7. The number of rotatable bonds is 6. The molecule has 0 radical (unpaired) electrons. The highest BCUT2D eigenvalue weighted by atomic mass is 19.1. The van der Waals surface area contributed by atoms with Crippen LogP contribution in [0.15, 0.2) is 18.2 Å². The van der Waals surface area contributed by atoms with Crippen molar-refractivity contribution in [2.24, 2.45) is 0 Å². The Labute approximate surface area is 183 Å². The van der Waals surface area contributed by atoms with E-state index in [9.17, 15) is 4.39 Å². The van der Waals surface area contributed by atoms with Crippen LogP contribution in [0.2, 0.25) is 0 Å². The number of ether oxygens (including phenoxy) is 1. The van der Waals surface area contributed by atoms with Gasteiger partial charge in [0.05, 0.1) is 7.11 Å². The van der Waals surface area contributed by atoms with E-state index in [1.54, 1.807) is 12.1 Å². The molecule has 1 aromatic heterocycles. The Morgan fingerprint density at radius 3 is 2.26 bits per heavy atom. The van der Waals surface area contributed by atoms with E-state index in [0.29, 0.717) is 29.6 Å². The summed E-state index contributed by atoms with van der Waals surface area (Å²) in [4.78, 5) is 16.3. The van der Waals surface area contributed by atoms with E-state index in [1.807, 2.05) is 0 Å². The van der Waals surface area contributed by atoms with Gasteiger partial charge < -0.3 is 20.3 Å². The normalized spacial score (nSPS) is 18.2. The van der Waals surface area contributed by atoms with Crippen molar-refractivity contribution in [3.05, 3.63) is 24.0 Å². The minimum absolute atomic E-state index is 0.210. The number of benzene rings is 1. The largest absolute Gasteiger partial charge is 0.494 e. The number of halogens is 1. The minimum Gasteiger partial charge on any atom is -0.494 e. The van der Waals surface area contributed by atoms with Crippen LogP contribution in [0.25, 0.3) is 0 Å². The Morgan fingerprint density at radius 2 is 1.58 bits per heavy atom. The van der Waals surface area contributed by atoms with Gasteiger partial charge in [-0.25, -0.2) is 4.39 Å². The first kappa shape index (κ1) is 21.6. The highest BCUT2D eigenvalue weighted by Crippen LogP contribution is 2.26. The fourth-order valence-electron chi connectivity index (χ4n) is 4.38. The second-order valence-electron chi connectivity index (χ2n) is 8.49. The summed E-state index contributed by atoms with van der Waals surface area (Å²) in [6.45, 7) is 1.90. The zero-order valence-corrected chi connectivity index (χ0v) is 18.4. The van der Waals surface area contributed by atoms with Crippen molar-refractivity contribution < 1.29 is 9.13 Å². The van der Waals surface area contributed by atoms with Crippen LogP contribution < -0.4 is 20.3 Å². The third-order valence-corrected chi connectivity index (χ3v) is 6.11. The fraction of sp³-hybridized carbons (Fsp3) is 0.609. The molecule has 1 aliphatic heterocycles. The smallest absolute Gasteiger partial charge is 0.233 e. The zero-order chi connectivity index (χ0) is 21.5. The van der Waals surface area contributed by atoms with E-state index >= 15 is 0 Å². The molecule has 31 heavy (non-hydrogen) atoms. The van der Waals surface area contributed by atoms with Crippen molar-refractivity contribution in [1.29, 1.82) is 0 Å². The molecule has 1 aliphatic carbocycles. The zero-order valence-electron chi connectivity index (χ0n) is 18.4. The molecule has 0 unspecified atom stereocenters. The van der Waals surface area contributed by atoms with Crippen LogP contribution in [0, 0.1) is 5.82 Å². The van der Waals surface area contributed by atoms with Gasteiger partial charge in [-0.2, -0.15) is 15.0 Å². The molecule has 1 saturated heterocycles. The average Bonchev–Trinajstić information content (AvgIpc) is 3.19.